The first kappa shape index (κ1) is 16.4. The smallest absolute Gasteiger partial charge is 0.255 e. The molecule has 0 saturated carbocycles. The Labute approximate surface area is 135 Å². The number of benzene rings is 1. The minimum atomic E-state index is -0.0855. The van der Waals surface area contributed by atoms with Gasteiger partial charge in [-0.25, -0.2) is 0 Å². The number of nitrogens with zero attached hydrogens (tertiary/aromatic N) is 2. The lowest BCUT2D eigenvalue weighted by Gasteiger charge is -2.22. The van der Waals surface area contributed by atoms with Gasteiger partial charge in [-0.3, -0.25) is 4.79 Å². The lowest BCUT2D eigenvalue weighted by Crippen LogP contribution is -2.35. The van der Waals surface area contributed by atoms with Crippen molar-refractivity contribution in [3.8, 4) is 6.07 Å². The number of carbonyl (C=O) groups excluding carboxylic acids is 1. The topological polar surface area (TPSA) is 53.3 Å². The summed E-state index contributed by atoms with van der Waals surface area (Å²) in [5.74, 6) is -0.0855. The molecule has 0 spiro atoms. The van der Waals surface area contributed by atoms with Gasteiger partial charge in [0.05, 0.1) is 24.7 Å². The summed E-state index contributed by atoms with van der Waals surface area (Å²) in [6.45, 7) is 1.35. The van der Waals surface area contributed by atoms with Crippen molar-refractivity contribution in [3.63, 3.8) is 0 Å². The van der Waals surface area contributed by atoms with Crippen LogP contribution in [0, 0.1) is 14.9 Å². The average molecular weight is 437 g/mol. The second kappa shape index (κ2) is 8.51. The van der Waals surface area contributed by atoms with E-state index >= 15 is 0 Å². The summed E-state index contributed by atoms with van der Waals surface area (Å²) in [5, 5.41) is 8.66. The number of carbonyl (C=O) groups is 1. The highest BCUT2D eigenvalue weighted by Crippen LogP contribution is 2.21. The van der Waals surface area contributed by atoms with E-state index in [1.807, 2.05) is 18.2 Å². The van der Waals surface area contributed by atoms with Gasteiger partial charge in [0.2, 0.25) is 0 Å². The molecule has 0 radical (unpaired) electrons. The molecule has 0 saturated heterocycles. The molecular formula is C13H14BrIN2O2. The number of amides is 1. The molecule has 4 nitrogen and oxygen atoms in total. The first-order valence-corrected chi connectivity index (χ1v) is 7.57. The van der Waals surface area contributed by atoms with Gasteiger partial charge in [-0.05, 0) is 56.7 Å². The van der Waals surface area contributed by atoms with Crippen LogP contribution in [0.4, 0.5) is 0 Å². The average Bonchev–Trinajstić information content (AvgIpc) is 2.41. The molecule has 6 heteroatoms. The Balaban J connectivity index is 2.91. The van der Waals surface area contributed by atoms with Crippen molar-refractivity contribution < 1.29 is 9.53 Å². The van der Waals surface area contributed by atoms with Crippen molar-refractivity contribution >= 4 is 44.4 Å². The number of nitriles is 1. The highest BCUT2D eigenvalue weighted by molar-refractivity contribution is 14.1. The van der Waals surface area contributed by atoms with Crippen LogP contribution in [0.3, 0.4) is 0 Å². The van der Waals surface area contributed by atoms with E-state index in [1.165, 1.54) is 0 Å². The normalized spacial score (nSPS) is 10.0. The first-order valence-electron chi connectivity index (χ1n) is 5.70. The predicted molar refractivity (Wildman–Crippen MR) is 84.9 cm³/mol. The van der Waals surface area contributed by atoms with Gasteiger partial charge in [0.25, 0.3) is 5.91 Å². The number of methoxy groups -OCH3 is 1. The molecule has 19 heavy (non-hydrogen) atoms. The predicted octanol–water partition coefficient (Wildman–Crippen LogP) is 3.06. The SMILES string of the molecule is COCCN(CCC#N)C(=O)c1cc(I)ccc1Br. The second-order valence-electron chi connectivity index (χ2n) is 3.82. The van der Waals surface area contributed by atoms with Gasteiger partial charge in [0.1, 0.15) is 0 Å². The third-order valence-corrected chi connectivity index (χ3v) is 3.87. The number of halogens is 2. The van der Waals surface area contributed by atoms with Crippen molar-refractivity contribution in [3.05, 3.63) is 31.8 Å². The maximum atomic E-state index is 12.5. The van der Waals surface area contributed by atoms with Crippen LogP contribution >= 0.6 is 38.5 Å². The molecule has 0 heterocycles. The van der Waals surface area contributed by atoms with Crippen molar-refractivity contribution in [2.75, 3.05) is 26.8 Å². The van der Waals surface area contributed by atoms with Gasteiger partial charge < -0.3 is 9.64 Å². The maximum Gasteiger partial charge on any atom is 0.255 e. The number of hydrogen-bond donors (Lipinski definition) is 0. The van der Waals surface area contributed by atoms with Crippen molar-refractivity contribution in [2.24, 2.45) is 0 Å². The summed E-state index contributed by atoms with van der Waals surface area (Å²) >= 11 is 5.56. The van der Waals surface area contributed by atoms with Crippen LogP contribution in [-0.4, -0.2) is 37.6 Å². The van der Waals surface area contributed by atoms with E-state index in [0.29, 0.717) is 31.7 Å². The van der Waals surface area contributed by atoms with Crippen molar-refractivity contribution in [2.45, 2.75) is 6.42 Å². The maximum absolute atomic E-state index is 12.5. The molecule has 1 amide bonds. The number of hydrogen-bond acceptors (Lipinski definition) is 3. The molecule has 0 aliphatic rings. The van der Waals surface area contributed by atoms with Gasteiger partial charge >= 0.3 is 0 Å². The Kier molecular flexibility index (Phi) is 7.34. The molecule has 0 aliphatic carbocycles. The van der Waals surface area contributed by atoms with E-state index in [1.54, 1.807) is 12.0 Å². The van der Waals surface area contributed by atoms with Crippen LogP contribution in [0.2, 0.25) is 0 Å². The second-order valence-corrected chi connectivity index (χ2v) is 5.92. The molecular weight excluding hydrogens is 423 g/mol. The van der Waals surface area contributed by atoms with E-state index in [0.717, 1.165) is 8.04 Å². The third-order valence-electron chi connectivity index (χ3n) is 2.50. The molecule has 0 fully saturated rings. The van der Waals surface area contributed by atoms with E-state index in [-0.39, 0.29) is 5.91 Å². The van der Waals surface area contributed by atoms with E-state index < -0.39 is 0 Å². The lowest BCUT2D eigenvalue weighted by atomic mass is 10.2. The van der Waals surface area contributed by atoms with E-state index in [9.17, 15) is 4.79 Å². The summed E-state index contributed by atoms with van der Waals surface area (Å²) in [7, 11) is 1.59. The Morgan fingerprint density at radius 1 is 1.53 bits per heavy atom. The minimum absolute atomic E-state index is 0.0855. The largest absolute Gasteiger partial charge is 0.383 e. The fourth-order valence-corrected chi connectivity index (χ4v) is 2.44. The Morgan fingerprint density at radius 2 is 2.26 bits per heavy atom. The molecule has 0 N–H and O–H groups in total. The standard InChI is InChI=1S/C13H14BrIN2O2/c1-19-8-7-17(6-2-5-16)13(18)11-9-10(15)3-4-12(11)14/h3-4,9H,2,6-8H2,1H3. The Bertz CT molecular complexity index is 488. The molecule has 0 bridgehead atoms. The van der Waals surface area contributed by atoms with E-state index in [2.05, 4.69) is 44.6 Å². The molecule has 0 aliphatic heterocycles. The molecule has 0 unspecified atom stereocenters. The summed E-state index contributed by atoms with van der Waals surface area (Å²) in [4.78, 5) is 14.1. The van der Waals surface area contributed by atoms with Gasteiger partial charge in [0.15, 0.2) is 0 Å². The summed E-state index contributed by atoms with van der Waals surface area (Å²) in [6.07, 6.45) is 0.316. The number of rotatable bonds is 6. The van der Waals surface area contributed by atoms with Crippen LogP contribution < -0.4 is 0 Å². The summed E-state index contributed by atoms with van der Waals surface area (Å²) in [6, 6.07) is 7.67. The molecule has 102 valence electrons. The van der Waals surface area contributed by atoms with Gasteiger partial charge in [-0.2, -0.15) is 5.26 Å². The van der Waals surface area contributed by atoms with Gasteiger partial charge in [0, 0.05) is 28.2 Å². The van der Waals surface area contributed by atoms with E-state index in [4.69, 9.17) is 10.00 Å². The fourth-order valence-electron chi connectivity index (χ4n) is 1.53. The fraction of sp³-hybridized carbons (Fsp3) is 0.385. The third kappa shape index (κ3) is 5.09. The quantitative estimate of drug-likeness (QED) is 0.644. The molecule has 1 aromatic carbocycles. The summed E-state index contributed by atoms with van der Waals surface area (Å²) < 4.78 is 6.76. The zero-order valence-corrected chi connectivity index (χ0v) is 14.3. The van der Waals surface area contributed by atoms with Gasteiger partial charge in [-0.1, -0.05) is 0 Å². The molecule has 0 atom stereocenters. The zero-order valence-electron chi connectivity index (χ0n) is 10.5. The molecule has 1 rings (SSSR count). The van der Waals surface area contributed by atoms with Crippen molar-refractivity contribution in [1.82, 2.24) is 4.90 Å². The summed E-state index contributed by atoms with van der Waals surface area (Å²) in [5.41, 5.74) is 0.612. The molecule has 1 aromatic rings. The number of ether oxygens (including phenoxy) is 1. The molecule has 0 aromatic heterocycles. The monoisotopic (exact) mass is 436 g/mol. The highest BCUT2D eigenvalue weighted by Gasteiger charge is 2.18. The first-order chi connectivity index (χ1) is 9.10. The van der Waals surface area contributed by atoms with Crippen LogP contribution in [0.1, 0.15) is 16.8 Å². The minimum Gasteiger partial charge on any atom is -0.383 e. The Hall–Kier alpha value is -0.650. The lowest BCUT2D eigenvalue weighted by molar-refractivity contribution is 0.0699. The van der Waals surface area contributed by atoms with Crippen LogP contribution in [0.15, 0.2) is 22.7 Å². The van der Waals surface area contributed by atoms with Crippen LogP contribution in [0.25, 0.3) is 0 Å². The van der Waals surface area contributed by atoms with Gasteiger partial charge in [-0.15, -0.1) is 0 Å². The van der Waals surface area contributed by atoms with Crippen LogP contribution in [-0.2, 0) is 4.74 Å². The van der Waals surface area contributed by atoms with Crippen molar-refractivity contribution in [1.29, 1.82) is 5.26 Å². The Morgan fingerprint density at radius 3 is 2.89 bits per heavy atom. The highest BCUT2D eigenvalue weighted by atomic mass is 127. The zero-order chi connectivity index (χ0) is 14.3. The van der Waals surface area contributed by atoms with Crippen LogP contribution in [0.5, 0.6) is 0 Å².